The molecule has 1 heterocycles. The molecule has 1 aromatic heterocycles. The number of ether oxygens (including phenoxy) is 2. The number of halogens is 2. The van der Waals surface area contributed by atoms with Crippen LogP contribution in [0.15, 0.2) is 30.3 Å². The van der Waals surface area contributed by atoms with Gasteiger partial charge in [-0.1, -0.05) is 29.3 Å². The third-order valence-electron chi connectivity index (χ3n) is 3.39. The highest BCUT2D eigenvalue weighted by Crippen LogP contribution is 2.29. The van der Waals surface area contributed by atoms with Gasteiger partial charge in [-0.2, -0.15) is 0 Å². The Labute approximate surface area is 138 Å². The molecule has 0 unspecified atom stereocenters. The molecule has 3 aromatic rings. The molecule has 0 bridgehead atoms. The van der Waals surface area contributed by atoms with E-state index in [2.05, 4.69) is 9.97 Å². The summed E-state index contributed by atoms with van der Waals surface area (Å²) in [5.41, 5.74) is 2.73. The molecule has 6 heteroatoms. The van der Waals surface area contributed by atoms with E-state index in [9.17, 15) is 0 Å². The van der Waals surface area contributed by atoms with Gasteiger partial charge in [-0.15, -0.1) is 0 Å². The van der Waals surface area contributed by atoms with Crippen LogP contribution in [-0.4, -0.2) is 24.2 Å². The molecular formula is C16H14Cl2N2O2. The molecule has 0 aliphatic carbocycles. The first-order chi connectivity index (χ1) is 10.6. The molecule has 114 valence electrons. The number of H-pyrrole nitrogens is 1. The number of imidazole rings is 1. The van der Waals surface area contributed by atoms with Crippen molar-refractivity contribution in [2.45, 2.75) is 6.42 Å². The molecule has 0 fully saturated rings. The number of fused-ring (bicyclic) bond motifs is 1. The van der Waals surface area contributed by atoms with Crippen LogP contribution in [0.5, 0.6) is 11.5 Å². The average Bonchev–Trinajstić information content (AvgIpc) is 2.88. The highest BCUT2D eigenvalue weighted by Gasteiger charge is 2.09. The van der Waals surface area contributed by atoms with E-state index >= 15 is 0 Å². The molecule has 0 atom stereocenters. The molecule has 0 saturated heterocycles. The number of benzene rings is 2. The smallest absolute Gasteiger partial charge is 0.161 e. The minimum absolute atomic E-state index is 0.498. The fraction of sp³-hybridized carbons (Fsp3) is 0.188. The lowest BCUT2D eigenvalue weighted by molar-refractivity contribution is 0.354. The Kier molecular flexibility index (Phi) is 4.14. The Morgan fingerprint density at radius 3 is 2.45 bits per heavy atom. The molecule has 0 aliphatic rings. The molecule has 1 N–H and O–H groups in total. The van der Waals surface area contributed by atoms with E-state index in [1.54, 1.807) is 26.4 Å². The predicted octanol–water partition coefficient (Wildman–Crippen LogP) is 4.48. The Morgan fingerprint density at radius 2 is 1.73 bits per heavy atom. The lowest BCUT2D eigenvalue weighted by atomic mass is 10.1. The average molecular weight is 337 g/mol. The van der Waals surface area contributed by atoms with Crippen LogP contribution in [0.1, 0.15) is 11.4 Å². The Balaban J connectivity index is 1.92. The van der Waals surface area contributed by atoms with E-state index in [0.29, 0.717) is 28.0 Å². The summed E-state index contributed by atoms with van der Waals surface area (Å²) in [5, 5.41) is 1.01. The molecule has 0 aliphatic heterocycles. The zero-order chi connectivity index (χ0) is 15.7. The zero-order valence-corrected chi connectivity index (χ0v) is 13.6. The zero-order valence-electron chi connectivity index (χ0n) is 12.1. The summed E-state index contributed by atoms with van der Waals surface area (Å²) in [4.78, 5) is 7.79. The molecule has 4 nitrogen and oxygen atoms in total. The largest absolute Gasteiger partial charge is 0.493 e. The van der Waals surface area contributed by atoms with Crippen molar-refractivity contribution in [2.75, 3.05) is 14.2 Å². The Morgan fingerprint density at radius 1 is 1.00 bits per heavy atom. The lowest BCUT2D eigenvalue weighted by Gasteiger charge is -2.08. The monoisotopic (exact) mass is 336 g/mol. The van der Waals surface area contributed by atoms with Crippen LogP contribution in [0.2, 0.25) is 10.0 Å². The van der Waals surface area contributed by atoms with Gasteiger partial charge in [-0.25, -0.2) is 4.98 Å². The van der Waals surface area contributed by atoms with Crippen LogP contribution in [0, 0.1) is 0 Å². The number of rotatable bonds is 4. The topological polar surface area (TPSA) is 47.1 Å². The van der Waals surface area contributed by atoms with Gasteiger partial charge in [0.25, 0.3) is 0 Å². The second-order valence-corrected chi connectivity index (χ2v) is 5.65. The van der Waals surface area contributed by atoms with Gasteiger partial charge in [0.05, 0.1) is 35.3 Å². The van der Waals surface area contributed by atoms with Crippen LogP contribution in [0.4, 0.5) is 0 Å². The number of aromatic nitrogens is 2. The Bertz CT molecular complexity index is 791. The minimum Gasteiger partial charge on any atom is -0.493 e. The van der Waals surface area contributed by atoms with Crippen molar-refractivity contribution in [3.8, 4) is 11.5 Å². The second kappa shape index (κ2) is 6.07. The highest BCUT2D eigenvalue weighted by molar-refractivity contribution is 6.42. The summed E-state index contributed by atoms with van der Waals surface area (Å²) in [6.07, 6.45) is 0.643. The van der Waals surface area contributed by atoms with Crippen molar-refractivity contribution in [1.29, 1.82) is 0 Å². The molecule has 0 saturated carbocycles. The van der Waals surface area contributed by atoms with Crippen molar-refractivity contribution in [3.63, 3.8) is 0 Å². The van der Waals surface area contributed by atoms with Crippen molar-refractivity contribution in [1.82, 2.24) is 9.97 Å². The number of nitrogens with one attached hydrogen (secondary N) is 1. The van der Waals surface area contributed by atoms with E-state index in [1.807, 2.05) is 18.2 Å². The van der Waals surface area contributed by atoms with Crippen LogP contribution >= 0.6 is 23.2 Å². The molecular weight excluding hydrogens is 323 g/mol. The van der Waals surface area contributed by atoms with Crippen LogP contribution in [-0.2, 0) is 6.42 Å². The van der Waals surface area contributed by atoms with Gasteiger partial charge >= 0.3 is 0 Å². The van der Waals surface area contributed by atoms with Gasteiger partial charge in [0.15, 0.2) is 11.5 Å². The van der Waals surface area contributed by atoms with Gasteiger partial charge in [0.1, 0.15) is 5.82 Å². The standard InChI is InChI=1S/C16H14Cl2N2O2/c1-21-14-4-3-9(5-15(14)22-2)6-16-19-12-7-10(17)11(18)8-13(12)20-16/h3-5,7-8H,6H2,1-2H3,(H,19,20). The summed E-state index contributed by atoms with van der Waals surface area (Å²) in [5.74, 6) is 2.23. The highest BCUT2D eigenvalue weighted by atomic mass is 35.5. The lowest BCUT2D eigenvalue weighted by Crippen LogP contribution is -1.94. The fourth-order valence-corrected chi connectivity index (χ4v) is 2.65. The second-order valence-electron chi connectivity index (χ2n) is 4.83. The number of aromatic amines is 1. The van der Waals surface area contributed by atoms with E-state index in [0.717, 1.165) is 22.4 Å². The molecule has 22 heavy (non-hydrogen) atoms. The van der Waals surface area contributed by atoms with Gasteiger partial charge in [-0.05, 0) is 29.8 Å². The molecule has 3 rings (SSSR count). The van der Waals surface area contributed by atoms with Crippen molar-refractivity contribution in [3.05, 3.63) is 51.8 Å². The summed E-state index contributed by atoms with van der Waals surface area (Å²) in [6.45, 7) is 0. The molecule has 0 amide bonds. The minimum atomic E-state index is 0.498. The van der Waals surface area contributed by atoms with Crippen molar-refractivity contribution < 1.29 is 9.47 Å². The summed E-state index contributed by atoms with van der Waals surface area (Å²) < 4.78 is 10.6. The molecule has 0 radical (unpaired) electrons. The van der Waals surface area contributed by atoms with Crippen LogP contribution < -0.4 is 9.47 Å². The summed E-state index contributed by atoms with van der Waals surface area (Å²) in [7, 11) is 3.23. The molecule has 0 spiro atoms. The van der Waals surface area contributed by atoms with Crippen LogP contribution in [0.3, 0.4) is 0 Å². The van der Waals surface area contributed by atoms with E-state index < -0.39 is 0 Å². The maximum Gasteiger partial charge on any atom is 0.161 e. The maximum absolute atomic E-state index is 6.02. The van der Waals surface area contributed by atoms with E-state index in [-0.39, 0.29) is 0 Å². The third-order valence-corrected chi connectivity index (χ3v) is 4.11. The predicted molar refractivity (Wildman–Crippen MR) is 88.5 cm³/mol. The quantitative estimate of drug-likeness (QED) is 0.764. The summed E-state index contributed by atoms with van der Waals surface area (Å²) in [6, 6.07) is 9.34. The maximum atomic E-state index is 6.02. The number of nitrogens with zero attached hydrogens (tertiary/aromatic N) is 1. The third kappa shape index (κ3) is 2.85. The number of hydrogen-bond donors (Lipinski definition) is 1. The first-order valence-corrected chi connectivity index (χ1v) is 7.41. The van der Waals surface area contributed by atoms with Gasteiger partial charge in [-0.3, -0.25) is 0 Å². The SMILES string of the molecule is COc1ccc(Cc2nc3cc(Cl)c(Cl)cc3[nH]2)cc1OC. The molecule has 2 aromatic carbocycles. The van der Waals surface area contributed by atoms with Crippen molar-refractivity contribution >= 4 is 34.2 Å². The van der Waals surface area contributed by atoms with Crippen molar-refractivity contribution in [2.24, 2.45) is 0 Å². The van der Waals surface area contributed by atoms with Gasteiger partial charge in [0.2, 0.25) is 0 Å². The van der Waals surface area contributed by atoms with E-state index in [1.165, 1.54) is 0 Å². The van der Waals surface area contributed by atoms with Gasteiger partial charge < -0.3 is 14.5 Å². The number of methoxy groups -OCH3 is 2. The first kappa shape index (κ1) is 15.0. The fourth-order valence-electron chi connectivity index (χ4n) is 2.33. The normalized spacial score (nSPS) is 10.9. The summed E-state index contributed by atoms with van der Waals surface area (Å²) >= 11 is 12.0. The number of hydrogen-bond acceptors (Lipinski definition) is 3. The van der Waals surface area contributed by atoms with Gasteiger partial charge in [0, 0.05) is 6.42 Å². The first-order valence-electron chi connectivity index (χ1n) is 6.65. The van der Waals surface area contributed by atoms with Crippen LogP contribution in [0.25, 0.3) is 11.0 Å². The van der Waals surface area contributed by atoms with E-state index in [4.69, 9.17) is 32.7 Å². The Hall–Kier alpha value is -1.91.